The van der Waals surface area contributed by atoms with Gasteiger partial charge in [0.25, 0.3) is 0 Å². The minimum absolute atomic E-state index is 0.545. The van der Waals surface area contributed by atoms with Crippen LogP contribution in [0.5, 0.6) is 0 Å². The third-order valence-electron chi connectivity index (χ3n) is 2.63. The lowest BCUT2D eigenvalue weighted by atomic mass is 10.2. The maximum atomic E-state index is 9.12. The summed E-state index contributed by atoms with van der Waals surface area (Å²) in [5.41, 5.74) is 2.88. The molecule has 2 rings (SSSR count). The predicted octanol–water partition coefficient (Wildman–Crippen LogP) is 2.33. The summed E-state index contributed by atoms with van der Waals surface area (Å²) in [6.45, 7) is 1.81. The number of anilines is 2. The van der Waals surface area contributed by atoms with E-state index < -0.39 is 0 Å². The van der Waals surface area contributed by atoms with Crippen LogP contribution in [0.15, 0.2) is 24.3 Å². The number of nitrogens with zero attached hydrogens (tertiary/aromatic N) is 3. The monoisotopic (exact) mass is 236 g/mol. The maximum absolute atomic E-state index is 9.12. The topological polar surface area (TPSA) is 53.6 Å². The molecule has 1 N–H and O–H groups in total. The van der Waals surface area contributed by atoms with Gasteiger partial charge in [-0.25, -0.2) is 0 Å². The fourth-order valence-electron chi connectivity index (χ4n) is 1.76. The second-order valence-electron chi connectivity index (χ2n) is 3.89. The van der Waals surface area contributed by atoms with E-state index in [0.29, 0.717) is 17.1 Å². The summed E-state index contributed by atoms with van der Waals surface area (Å²) >= 11 is 0. The zero-order valence-corrected chi connectivity index (χ0v) is 10.2. The molecule has 0 atom stereocenters. The van der Waals surface area contributed by atoms with E-state index in [1.54, 1.807) is 11.7 Å². The van der Waals surface area contributed by atoms with Crippen LogP contribution in [-0.2, 0) is 7.05 Å². The molecule has 0 bridgehead atoms. The molecule has 0 spiro atoms. The lowest BCUT2D eigenvalue weighted by molar-refractivity contribution is 0.765. The van der Waals surface area contributed by atoms with Crippen LogP contribution in [0, 0.1) is 30.6 Å². The predicted molar refractivity (Wildman–Crippen MR) is 70.3 cm³/mol. The number of hydrogen-bond donors (Lipinski definition) is 1. The van der Waals surface area contributed by atoms with E-state index in [0.717, 1.165) is 11.3 Å². The molecule has 0 fully saturated rings. The van der Waals surface area contributed by atoms with E-state index in [9.17, 15) is 0 Å². The van der Waals surface area contributed by atoms with Crippen molar-refractivity contribution in [2.45, 2.75) is 6.92 Å². The second-order valence-corrected chi connectivity index (χ2v) is 3.89. The lowest BCUT2D eigenvalue weighted by Gasteiger charge is -2.07. The molecule has 1 aromatic heterocycles. The van der Waals surface area contributed by atoms with Gasteiger partial charge in [-0.3, -0.25) is 4.68 Å². The highest BCUT2D eigenvalue weighted by Gasteiger charge is 2.12. The first-order valence-electron chi connectivity index (χ1n) is 5.43. The van der Waals surface area contributed by atoms with Crippen molar-refractivity contribution in [1.29, 1.82) is 5.26 Å². The van der Waals surface area contributed by atoms with Crippen molar-refractivity contribution < 1.29 is 0 Å². The number of aryl methyl sites for hydroxylation is 2. The Morgan fingerprint density at radius 2 is 2.22 bits per heavy atom. The van der Waals surface area contributed by atoms with Gasteiger partial charge >= 0.3 is 0 Å². The molecule has 1 aromatic carbocycles. The van der Waals surface area contributed by atoms with Crippen LogP contribution in [0.3, 0.4) is 0 Å². The SMILES string of the molecule is C#Cc1cccc(Nc2c(C#N)c(C)nn2C)c1. The normalized spacial score (nSPS) is 9.56. The largest absolute Gasteiger partial charge is 0.339 e. The van der Waals surface area contributed by atoms with Gasteiger partial charge in [0.2, 0.25) is 0 Å². The molecule has 0 radical (unpaired) electrons. The Morgan fingerprint density at radius 3 is 2.89 bits per heavy atom. The molecule has 0 amide bonds. The summed E-state index contributed by atoms with van der Waals surface area (Å²) in [5.74, 6) is 3.24. The first-order valence-corrected chi connectivity index (χ1v) is 5.43. The number of rotatable bonds is 2. The minimum Gasteiger partial charge on any atom is -0.339 e. The summed E-state index contributed by atoms with van der Waals surface area (Å²) in [4.78, 5) is 0. The standard InChI is InChI=1S/C14H12N4/c1-4-11-6-5-7-12(8-11)16-14-13(9-15)10(2)17-18(14)3/h1,5-8,16H,2-3H3. The third-order valence-corrected chi connectivity index (χ3v) is 2.63. The fraction of sp³-hybridized carbons (Fsp3) is 0.143. The van der Waals surface area contributed by atoms with Crippen LogP contribution in [0.4, 0.5) is 11.5 Å². The number of hydrogen-bond acceptors (Lipinski definition) is 3. The van der Waals surface area contributed by atoms with E-state index in [-0.39, 0.29) is 0 Å². The zero-order chi connectivity index (χ0) is 13.1. The average Bonchev–Trinajstić information content (AvgIpc) is 2.64. The van der Waals surface area contributed by atoms with Crippen molar-refractivity contribution in [3.63, 3.8) is 0 Å². The van der Waals surface area contributed by atoms with Crippen molar-refractivity contribution in [3.8, 4) is 18.4 Å². The minimum atomic E-state index is 0.545. The highest BCUT2D eigenvalue weighted by molar-refractivity contribution is 5.65. The van der Waals surface area contributed by atoms with Gasteiger partial charge in [0.15, 0.2) is 0 Å². The fourth-order valence-corrected chi connectivity index (χ4v) is 1.76. The van der Waals surface area contributed by atoms with Gasteiger partial charge < -0.3 is 5.32 Å². The highest BCUT2D eigenvalue weighted by Crippen LogP contribution is 2.22. The van der Waals surface area contributed by atoms with Gasteiger partial charge in [0.05, 0.1) is 5.69 Å². The van der Waals surface area contributed by atoms with Crippen LogP contribution in [0.2, 0.25) is 0 Å². The summed E-state index contributed by atoms with van der Waals surface area (Å²) in [7, 11) is 1.79. The Hall–Kier alpha value is -2.72. The van der Waals surface area contributed by atoms with Crippen molar-refractivity contribution in [2.24, 2.45) is 7.05 Å². The average molecular weight is 236 g/mol. The maximum Gasteiger partial charge on any atom is 0.146 e. The Morgan fingerprint density at radius 1 is 1.44 bits per heavy atom. The molecule has 18 heavy (non-hydrogen) atoms. The lowest BCUT2D eigenvalue weighted by Crippen LogP contribution is -2.00. The number of aromatic nitrogens is 2. The van der Waals surface area contributed by atoms with E-state index in [1.807, 2.05) is 31.2 Å². The third kappa shape index (κ3) is 2.05. The molecule has 0 saturated heterocycles. The van der Waals surface area contributed by atoms with Crippen LogP contribution in [-0.4, -0.2) is 9.78 Å². The van der Waals surface area contributed by atoms with Gasteiger partial charge in [-0.1, -0.05) is 12.0 Å². The van der Waals surface area contributed by atoms with Crippen LogP contribution >= 0.6 is 0 Å². The van der Waals surface area contributed by atoms with Crippen molar-refractivity contribution in [3.05, 3.63) is 41.1 Å². The highest BCUT2D eigenvalue weighted by atomic mass is 15.3. The number of nitriles is 1. The van der Waals surface area contributed by atoms with Gasteiger partial charge in [-0.05, 0) is 25.1 Å². The molecule has 0 aliphatic rings. The molecular formula is C14H12N4. The molecule has 4 heteroatoms. The second kappa shape index (κ2) is 4.65. The van der Waals surface area contributed by atoms with Crippen LogP contribution < -0.4 is 5.32 Å². The summed E-state index contributed by atoms with van der Waals surface area (Å²) in [6.07, 6.45) is 5.35. The summed E-state index contributed by atoms with van der Waals surface area (Å²) in [6, 6.07) is 9.61. The molecule has 0 saturated carbocycles. The number of terminal acetylenes is 1. The van der Waals surface area contributed by atoms with Crippen molar-refractivity contribution in [2.75, 3.05) is 5.32 Å². The van der Waals surface area contributed by atoms with E-state index in [4.69, 9.17) is 11.7 Å². The molecule has 2 aromatic rings. The number of nitrogens with one attached hydrogen (secondary N) is 1. The van der Waals surface area contributed by atoms with Crippen molar-refractivity contribution in [1.82, 2.24) is 9.78 Å². The molecule has 4 nitrogen and oxygen atoms in total. The first-order chi connectivity index (χ1) is 8.65. The Balaban J connectivity index is 2.41. The van der Waals surface area contributed by atoms with E-state index in [2.05, 4.69) is 22.4 Å². The number of benzene rings is 1. The smallest absolute Gasteiger partial charge is 0.146 e. The van der Waals surface area contributed by atoms with Gasteiger partial charge in [0.1, 0.15) is 17.5 Å². The van der Waals surface area contributed by atoms with E-state index >= 15 is 0 Å². The summed E-state index contributed by atoms with van der Waals surface area (Å²) in [5, 5.41) is 16.5. The van der Waals surface area contributed by atoms with Gasteiger partial charge in [0, 0.05) is 18.3 Å². The van der Waals surface area contributed by atoms with Crippen LogP contribution in [0.1, 0.15) is 16.8 Å². The zero-order valence-electron chi connectivity index (χ0n) is 10.2. The van der Waals surface area contributed by atoms with Crippen LogP contribution in [0.25, 0.3) is 0 Å². The molecule has 0 unspecified atom stereocenters. The first kappa shape index (κ1) is 11.8. The molecule has 0 aliphatic heterocycles. The van der Waals surface area contributed by atoms with Gasteiger partial charge in [-0.15, -0.1) is 6.42 Å². The molecule has 1 heterocycles. The van der Waals surface area contributed by atoms with Crippen molar-refractivity contribution >= 4 is 11.5 Å². The Kier molecular flexibility index (Phi) is 3.03. The van der Waals surface area contributed by atoms with E-state index in [1.165, 1.54) is 0 Å². The summed E-state index contributed by atoms with van der Waals surface area (Å²) < 4.78 is 1.65. The molecule has 88 valence electrons. The molecule has 0 aliphatic carbocycles. The molecular weight excluding hydrogens is 224 g/mol. The van der Waals surface area contributed by atoms with Gasteiger partial charge in [-0.2, -0.15) is 10.4 Å². The Labute approximate surface area is 106 Å². The quantitative estimate of drug-likeness (QED) is 0.814. The Bertz CT molecular complexity index is 668.